The summed E-state index contributed by atoms with van der Waals surface area (Å²) in [4.78, 5) is 22.3. The number of amides is 1. The Kier molecular flexibility index (Phi) is 6.73. The summed E-state index contributed by atoms with van der Waals surface area (Å²) in [5.74, 6) is -0.534. The normalized spacial score (nSPS) is 10.7. The van der Waals surface area contributed by atoms with E-state index in [-0.39, 0.29) is 12.0 Å². The second-order valence-electron chi connectivity index (χ2n) is 5.62. The number of ether oxygens (including phenoxy) is 2. The third-order valence-corrected chi connectivity index (χ3v) is 3.10. The van der Waals surface area contributed by atoms with Crippen LogP contribution in [0.2, 0.25) is 0 Å². The highest BCUT2D eigenvalue weighted by Crippen LogP contribution is 2.14. The van der Waals surface area contributed by atoms with Gasteiger partial charge in [0.15, 0.2) is 0 Å². The highest BCUT2D eigenvalue weighted by atomic mass is 16.5. The predicted molar refractivity (Wildman–Crippen MR) is 94.2 cm³/mol. The van der Waals surface area contributed by atoms with E-state index >= 15 is 0 Å². The summed E-state index contributed by atoms with van der Waals surface area (Å²) < 4.78 is 10.5. The van der Waals surface area contributed by atoms with Crippen LogP contribution in [0.1, 0.15) is 29.8 Å². The van der Waals surface area contributed by atoms with Crippen LogP contribution in [-0.2, 0) is 4.79 Å². The third-order valence-electron chi connectivity index (χ3n) is 3.10. The molecule has 0 bridgehead atoms. The predicted octanol–water partition coefficient (Wildman–Crippen LogP) is 1.37. The van der Waals surface area contributed by atoms with Crippen LogP contribution in [0.3, 0.4) is 0 Å². The lowest BCUT2D eigenvalue weighted by molar-refractivity contribution is -0.307. The molecule has 2 aromatic rings. The van der Waals surface area contributed by atoms with E-state index in [1.54, 1.807) is 48.5 Å². The lowest BCUT2D eigenvalue weighted by Crippen LogP contribution is -2.28. The van der Waals surface area contributed by atoms with Gasteiger partial charge in [0.2, 0.25) is 0 Å². The van der Waals surface area contributed by atoms with Crippen molar-refractivity contribution in [2.75, 3.05) is 6.61 Å². The number of nitrogens with one attached hydrogen (secondary N) is 1. The molecule has 0 fully saturated rings. The van der Waals surface area contributed by atoms with Gasteiger partial charge >= 0.3 is 0 Å². The average Bonchev–Trinajstić information content (AvgIpc) is 2.61. The number of carbonyl (C=O) groups excluding carboxylic acids is 2. The minimum atomic E-state index is -1.29. The number of nitrogens with zero attached hydrogens (tertiary/aromatic N) is 1. The van der Waals surface area contributed by atoms with Crippen molar-refractivity contribution in [3.63, 3.8) is 0 Å². The maximum atomic E-state index is 12.0. The zero-order valence-corrected chi connectivity index (χ0v) is 14.5. The van der Waals surface area contributed by atoms with E-state index in [2.05, 4.69) is 10.5 Å². The van der Waals surface area contributed by atoms with Crippen molar-refractivity contribution in [1.29, 1.82) is 0 Å². The van der Waals surface area contributed by atoms with Crippen LogP contribution in [0.15, 0.2) is 53.6 Å². The maximum Gasteiger partial charge on any atom is 0.271 e. The van der Waals surface area contributed by atoms with Gasteiger partial charge in [0.25, 0.3) is 5.91 Å². The van der Waals surface area contributed by atoms with Crippen LogP contribution < -0.4 is 20.0 Å². The minimum Gasteiger partial charge on any atom is -0.546 e. The Bertz CT molecular complexity index is 768. The van der Waals surface area contributed by atoms with Crippen molar-refractivity contribution in [1.82, 2.24) is 5.43 Å². The van der Waals surface area contributed by atoms with Crippen LogP contribution in [0.25, 0.3) is 0 Å². The van der Waals surface area contributed by atoms with E-state index in [1.807, 2.05) is 13.8 Å². The zero-order chi connectivity index (χ0) is 18.9. The lowest BCUT2D eigenvalue weighted by Gasteiger charge is -2.09. The van der Waals surface area contributed by atoms with Crippen LogP contribution >= 0.6 is 0 Å². The monoisotopic (exact) mass is 355 g/mol. The Labute approximate surface area is 151 Å². The van der Waals surface area contributed by atoms with Gasteiger partial charge in [0, 0.05) is 5.56 Å². The van der Waals surface area contributed by atoms with Gasteiger partial charge in [0.05, 0.1) is 18.3 Å². The van der Waals surface area contributed by atoms with Crippen molar-refractivity contribution < 1.29 is 24.2 Å². The Morgan fingerprint density at radius 2 is 1.69 bits per heavy atom. The number of hydrazone groups is 1. The molecule has 0 aliphatic heterocycles. The number of carboxylic acids is 1. The topological polar surface area (TPSA) is 100 Å². The molecule has 0 saturated carbocycles. The molecule has 136 valence electrons. The molecule has 1 amide bonds. The summed E-state index contributed by atoms with van der Waals surface area (Å²) >= 11 is 0. The first-order chi connectivity index (χ1) is 12.4. The number of hydrogen-bond donors (Lipinski definition) is 1. The summed E-state index contributed by atoms with van der Waals surface area (Å²) in [6.07, 6.45) is 1.54. The molecule has 7 heteroatoms. The summed E-state index contributed by atoms with van der Waals surface area (Å²) in [6.45, 7) is 3.35. The number of hydrogen-bond acceptors (Lipinski definition) is 6. The van der Waals surface area contributed by atoms with Gasteiger partial charge in [-0.05, 0) is 67.9 Å². The molecule has 0 unspecified atom stereocenters. The summed E-state index contributed by atoms with van der Waals surface area (Å²) in [7, 11) is 0. The van der Waals surface area contributed by atoms with Crippen molar-refractivity contribution >= 4 is 18.1 Å². The Morgan fingerprint density at radius 3 is 2.27 bits per heavy atom. The molecule has 0 saturated heterocycles. The molecular formula is C19H19N2O5-. The summed E-state index contributed by atoms with van der Waals surface area (Å²) in [6, 6.07) is 13.3. The van der Waals surface area contributed by atoms with Crippen molar-refractivity contribution in [3.8, 4) is 11.5 Å². The molecule has 0 spiro atoms. The van der Waals surface area contributed by atoms with Crippen LogP contribution in [-0.4, -0.2) is 30.8 Å². The molecule has 0 radical (unpaired) electrons. The van der Waals surface area contributed by atoms with Gasteiger partial charge < -0.3 is 19.4 Å². The van der Waals surface area contributed by atoms with E-state index in [4.69, 9.17) is 9.47 Å². The van der Waals surface area contributed by atoms with Crippen molar-refractivity contribution in [2.24, 2.45) is 5.10 Å². The summed E-state index contributed by atoms with van der Waals surface area (Å²) in [5, 5.41) is 14.2. The van der Waals surface area contributed by atoms with Crippen molar-refractivity contribution in [2.45, 2.75) is 20.0 Å². The first-order valence-corrected chi connectivity index (χ1v) is 7.97. The average molecular weight is 355 g/mol. The van der Waals surface area contributed by atoms with Crippen LogP contribution in [0, 0.1) is 0 Å². The van der Waals surface area contributed by atoms with Gasteiger partial charge in [-0.2, -0.15) is 5.10 Å². The van der Waals surface area contributed by atoms with Crippen LogP contribution in [0.5, 0.6) is 11.5 Å². The fourth-order valence-corrected chi connectivity index (χ4v) is 1.98. The molecule has 0 heterocycles. The standard InChI is InChI=1S/C19H20N2O5/c1-13(2)26-17-9-5-15(6-10-17)19(24)21-20-11-14-3-7-16(8-4-14)25-12-18(22)23/h3-11,13H,12H2,1-2H3,(H,21,24)(H,22,23)/p-1/b20-11-. The molecule has 2 aromatic carbocycles. The van der Waals surface area contributed by atoms with E-state index < -0.39 is 12.6 Å². The van der Waals surface area contributed by atoms with Gasteiger partial charge in [-0.15, -0.1) is 0 Å². The van der Waals surface area contributed by atoms with Crippen LogP contribution in [0.4, 0.5) is 0 Å². The number of benzene rings is 2. The molecule has 7 nitrogen and oxygen atoms in total. The van der Waals surface area contributed by atoms with E-state index in [1.165, 1.54) is 6.21 Å². The SMILES string of the molecule is CC(C)Oc1ccc(C(=O)N/N=C\c2ccc(OCC(=O)[O-])cc2)cc1. The number of carboxylic acid groups (broad SMARTS) is 1. The second-order valence-corrected chi connectivity index (χ2v) is 5.62. The highest BCUT2D eigenvalue weighted by Gasteiger charge is 2.05. The van der Waals surface area contributed by atoms with Gasteiger partial charge in [-0.1, -0.05) is 0 Å². The fourth-order valence-electron chi connectivity index (χ4n) is 1.98. The molecule has 1 N–H and O–H groups in total. The van der Waals surface area contributed by atoms with Gasteiger partial charge in [-0.3, -0.25) is 4.79 Å². The Balaban J connectivity index is 1.87. The minimum absolute atomic E-state index is 0.0665. The largest absolute Gasteiger partial charge is 0.546 e. The Hall–Kier alpha value is -3.35. The van der Waals surface area contributed by atoms with Gasteiger partial charge in [-0.25, -0.2) is 5.43 Å². The maximum absolute atomic E-state index is 12.0. The number of rotatable bonds is 8. The fraction of sp³-hybridized carbons (Fsp3) is 0.211. The Morgan fingerprint density at radius 1 is 1.08 bits per heavy atom. The molecule has 0 aliphatic carbocycles. The number of aliphatic carboxylic acids is 1. The van der Waals surface area contributed by atoms with E-state index in [0.717, 1.165) is 0 Å². The van der Waals surface area contributed by atoms with Gasteiger partial charge in [0.1, 0.15) is 18.1 Å². The van der Waals surface area contributed by atoms with Crippen molar-refractivity contribution in [3.05, 3.63) is 59.7 Å². The zero-order valence-electron chi connectivity index (χ0n) is 14.5. The number of carbonyl (C=O) groups is 2. The van der Waals surface area contributed by atoms with E-state index in [0.29, 0.717) is 22.6 Å². The smallest absolute Gasteiger partial charge is 0.271 e. The molecular weight excluding hydrogens is 336 g/mol. The molecule has 26 heavy (non-hydrogen) atoms. The molecule has 0 atom stereocenters. The first-order valence-electron chi connectivity index (χ1n) is 7.97. The molecule has 0 aromatic heterocycles. The first kappa shape index (κ1) is 19.0. The quantitative estimate of drug-likeness (QED) is 0.569. The van der Waals surface area contributed by atoms with E-state index in [9.17, 15) is 14.7 Å². The summed E-state index contributed by atoms with van der Waals surface area (Å²) in [5.41, 5.74) is 3.61. The second kappa shape index (κ2) is 9.22. The highest BCUT2D eigenvalue weighted by molar-refractivity contribution is 5.95. The third kappa shape index (κ3) is 6.27. The molecule has 0 aliphatic rings. The lowest BCUT2D eigenvalue weighted by atomic mass is 10.2. The molecule has 2 rings (SSSR count).